The molecule has 2 rings (SSSR count). The zero-order valence-corrected chi connectivity index (χ0v) is 7.97. The molecule has 0 fully saturated rings. The lowest BCUT2D eigenvalue weighted by molar-refractivity contribution is 0.0697. The number of rotatable bonds is 1. The summed E-state index contributed by atoms with van der Waals surface area (Å²) >= 11 is 5.75. The Morgan fingerprint density at radius 2 is 2.36 bits per heavy atom. The summed E-state index contributed by atoms with van der Waals surface area (Å²) < 4.78 is 5.28. The van der Waals surface area contributed by atoms with Crippen LogP contribution >= 0.6 is 11.6 Å². The Kier molecular flexibility index (Phi) is 2.21. The van der Waals surface area contributed by atoms with Crippen LogP contribution in [0.4, 0.5) is 5.69 Å². The fourth-order valence-corrected chi connectivity index (χ4v) is 1.59. The molecule has 0 aliphatic carbocycles. The van der Waals surface area contributed by atoms with E-state index in [2.05, 4.69) is 5.32 Å². The highest BCUT2D eigenvalue weighted by molar-refractivity contribution is 6.31. The topological polar surface area (TPSA) is 58.6 Å². The number of nitrogens with one attached hydrogen (secondary N) is 1. The number of halogens is 1. The van der Waals surface area contributed by atoms with E-state index < -0.39 is 5.97 Å². The van der Waals surface area contributed by atoms with Crippen molar-refractivity contribution in [1.29, 1.82) is 0 Å². The first-order valence-electron chi connectivity index (χ1n) is 4.12. The molecular formula is C9H8ClNO3. The third-order valence-electron chi connectivity index (χ3n) is 1.96. The van der Waals surface area contributed by atoms with Crippen molar-refractivity contribution in [3.8, 4) is 5.75 Å². The van der Waals surface area contributed by atoms with Crippen molar-refractivity contribution in [3.05, 3.63) is 22.7 Å². The normalized spacial score (nSPS) is 13.8. The van der Waals surface area contributed by atoms with Crippen LogP contribution in [-0.4, -0.2) is 24.2 Å². The fourth-order valence-electron chi connectivity index (χ4n) is 1.38. The van der Waals surface area contributed by atoms with Gasteiger partial charge in [0.1, 0.15) is 12.4 Å². The molecule has 1 aromatic carbocycles. The summed E-state index contributed by atoms with van der Waals surface area (Å²) in [6, 6.07) is 3.01. The van der Waals surface area contributed by atoms with Crippen LogP contribution in [0.2, 0.25) is 5.02 Å². The second kappa shape index (κ2) is 3.38. The van der Waals surface area contributed by atoms with E-state index in [-0.39, 0.29) is 5.56 Å². The number of ether oxygens (including phenoxy) is 1. The Hall–Kier alpha value is -1.42. The van der Waals surface area contributed by atoms with Gasteiger partial charge < -0.3 is 15.2 Å². The summed E-state index contributed by atoms with van der Waals surface area (Å²) in [6.07, 6.45) is 0. The minimum absolute atomic E-state index is 0.146. The highest BCUT2D eigenvalue weighted by Crippen LogP contribution is 2.34. The third-order valence-corrected chi connectivity index (χ3v) is 2.18. The molecule has 0 bridgehead atoms. The average Bonchev–Trinajstić information content (AvgIpc) is 2.16. The van der Waals surface area contributed by atoms with Gasteiger partial charge in [0, 0.05) is 17.6 Å². The van der Waals surface area contributed by atoms with E-state index in [1.54, 1.807) is 6.07 Å². The molecule has 5 heteroatoms. The Morgan fingerprint density at radius 3 is 3.07 bits per heavy atom. The Labute approximate surface area is 85.4 Å². The summed E-state index contributed by atoms with van der Waals surface area (Å²) in [7, 11) is 0. The number of carbonyl (C=O) groups is 1. The summed E-state index contributed by atoms with van der Waals surface area (Å²) in [5.74, 6) is -0.511. The second-order valence-electron chi connectivity index (χ2n) is 2.91. The van der Waals surface area contributed by atoms with E-state index in [1.165, 1.54) is 6.07 Å². The lowest BCUT2D eigenvalue weighted by atomic mass is 10.1. The fraction of sp³-hybridized carbons (Fsp3) is 0.222. The second-order valence-corrected chi connectivity index (χ2v) is 3.34. The summed E-state index contributed by atoms with van der Waals surface area (Å²) in [5.41, 5.74) is 0.653. The Bertz CT molecular complexity index is 392. The molecule has 1 aliphatic rings. The molecule has 0 saturated heterocycles. The van der Waals surface area contributed by atoms with Crippen molar-refractivity contribution >= 4 is 23.3 Å². The highest BCUT2D eigenvalue weighted by Gasteiger charge is 2.19. The third kappa shape index (κ3) is 1.48. The quantitative estimate of drug-likeness (QED) is 0.748. The number of aromatic carboxylic acids is 1. The predicted molar refractivity (Wildman–Crippen MR) is 52.4 cm³/mol. The number of hydrogen-bond donors (Lipinski definition) is 2. The molecule has 1 aliphatic heterocycles. The molecular weight excluding hydrogens is 206 g/mol. The lowest BCUT2D eigenvalue weighted by Gasteiger charge is -2.20. The molecule has 0 saturated carbocycles. The number of anilines is 1. The summed E-state index contributed by atoms with van der Waals surface area (Å²) in [6.45, 7) is 1.13. The van der Waals surface area contributed by atoms with Gasteiger partial charge in [-0.15, -0.1) is 0 Å². The number of benzene rings is 1. The maximum absolute atomic E-state index is 10.9. The van der Waals surface area contributed by atoms with Gasteiger partial charge in [-0.05, 0) is 6.07 Å². The van der Waals surface area contributed by atoms with Crippen molar-refractivity contribution < 1.29 is 14.6 Å². The number of carboxylic acids is 1. The molecule has 0 aromatic heterocycles. The Balaban J connectivity index is 2.58. The van der Waals surface area contributed by atoms with Crippen LogP contribution in [0.5, 0.6) is 5.75 Å². The first-order valence-corrected chi connectivity index (χ1v) is 4.50. The molecule has 1 aromatic rings. The Morgan fingerprint density at radius 1 is 1.57 bits per heavy atom. The molecule has 0 amide bonds. The van der Waals surface area contributed by atoms with Crippen LogP contribution in [0.1, 0.15) is 10.4 Å². The van der Waals surface area contributed by atoms with Gasteiger partial charge in [-0.3, -0.25) is 0 Å². The molecule has 74 valence electrons. The van der Waals surface area contributed by atoms with Crippen molar-refractivity contribution in [2.75, 3.05) is 18.5 Å². The smallest absolute Gasteiger partial charge is 0.337 e. The maximum atomic E-state index is 10.9. The van der Waals surface area contributed by atoms with E-state index in [9.17, 15) is 4.79 Å². The van der Waals surface area contributed by atoms with Crippen molar-refractivity contribution in [1.82, 2.24) is 0 Å². The van der Waals surface area contributed by atoms with Crippen LogP contribution in [0, 0.1) is 0 Å². The minimum Gasteiger partial charge on any atom is -0.490 e. The molecule has 14 heavy (non-hydrogen) atoms. The van der Waals surface area contributed by atoms with Crippen molar-refractivity contribution in [3.63, 3.8) is 0 Å². The summed E-state index contributed by atoms with van der Waals surface area (Å²) in [4.78, 5) is 10.9. The highest BCUT2D eigenvalue weighted by atomic mass is 35.5. The molecule has 0 atom stereocenters. The lowest BCUT2D eigenvalue weighted by Crippen LogP contribution is -2.20. The van der Waals surface area contributed by atoms with Gasteiger partial charge in [-0.1, -0.05) is 11.6 Å². The van der Waals surface area contributed by atoms with Gasteiger partial charge in [0.2, 0.25) is 0 Å². The molecule has 0 unspecified atom stereocenters. The van der Waals surface area contributed by atoms with Crippen LogP contribution in [-0.2, 0) is 0 Å². The average molecular weight is 214 g/mol. The van der Waals surface area contributed by atoms with Crippen molar-refractivity contribution in [2.45, 2.75) is 0 Å². The van der Waals surface area contributed by atoms with Crippen LogP contribution in [0.3, 0.4) is 0 Å². The SMILES string of the molecule is O=C(O)c1cc(Cl)cc2c1NCCO2. The van der Waals surface area contributed by atoms with Crippen LogP contribution < -0.4 is 10.1 Å². The number of hydrogen-bond acceptors (Lipinski definition) is 3. The predicted octanol–water partition coefficient (Wildman–Crippen LogP) is 1.84. The van der Waals surface area contributed by atoms with E-state index >= 15 is 0 Å². The molecule has 2 N–H and O–H groups in total. The van der Waals surface area contributed by atoms with E-state index in [0.29, 0.717) is 29.6 Å². The summed E-state index contributed by atoms with van der Waals surface area (Å²) in [5, 5.41) is 12.3. The van der Waals surface area contributed by atoms with Gasteiger partial charge in [0.05, 0.1) is 11.3 Å². The largest absolute Gasteiger partial charge is 0.490 e. The van der Waals surface area contributed by atoms with Crippen molar-refractivity contribution in [2.24, 2.45) is 0 Å². The first kappa shape index (κ1) is 9.15. The standard InChI is InChI=1S/C9H8ClNO3/c10-5-3-6(9(12)13)8-7(4-5)14-2-1-11-8/h3-4,11H,1-2H2,(H,12,13). The van der Waals surface area contributed by atoms with Gasteiger partial charge in [-0.2, -0.15) is 0 Å². The number of carboxylic acid groups (broad SMARTS) is 1. The molecule has 4 nitrogen and oxygen atoms in total. The minimum atomic E-state index is -1.01. The molecule has 0 radical (unpaired) electrons. The van der Waals surface area contributed by atoms with Crippen LogP contribution in [0.25, 0.3) is 0 Å². The number of fused-ring (bicyclic) bond motifs is 1. The molecule has 0 spiro atoms. The van der Waals surface area contributed by atoms with Gasteiger partial charge in [-0.25, -0.2) is 4.79 Å². The van der Waals surface area contributed by atoms with E-state index in [1.807, 2.05) is 0 Å². The first-order chi connectivity index (χ1) is 6.68. The van der Waals surface area contributed by atoms with Gasteiger partial charge >= 0.3 is 5.97 Å². The van der Waals surface area contributed by atoms with Gasteiger partial charge in [0.25, 0.3) is 0 Å². The zero-order chi connectivity index (χ0) is 10.1. The van der Waals surface area contributed by atoms with Gasteiger partial charge in [0.15, 0.2) is 0 Å². The zero-order valence-electron chi connectivity index (χ0n) is 7.21. The maximum Gasteiger partial charge on any atom is 0.337 e. The van der Waals surface area contributed by atoms with Crippen LogP contribution in [0.15, 0.2) is 12.1 Å². The van der Waals surface area contributed by atoms with E-state index in [0.717, 1.165) is 0 Å². The van der Waals surface area contributed by atoms with E-state index in [4.69, 9.17) is 21.4 Å². The molecule has 1 heterocycles. The monoisotopic (exact) mass is 213 g/mol.